The van der Waals surface area contributed by atoms with Gasteiger partial charge in [0.2, 0.25) is 0 Å². The average molecular weight is 491 g/mol. The summed E-state index contributed by atoms with van der Waals surface area (Å²) in [7, 11) is 1.56. The van der Waals surface area contributed by atoms with E-state index in [4.69, 9.17) is 18.9 Å². The van der Waals surface area contributed by atoms with E-state index in [1.807, 2.05) is 6.92 Å². The van der Waals surface area contributed by atoms with Crippen LogP contribution in [0.2, 0.25) is 0 Å². The Hall–Kier alpha value is -4.33. The molecule has 1 N–H and O–H groups in total. The molecule has 3 aromatic carbocycles. The van der Waals surface area contributed by atoms with Gasteiger partial charge in [0.05, 0.1) is 32.1 Å². The summed E-state index contributed by atoms with van der Waals surface area (Å²) < 4.78 is 21.9. The number of nitrogens with one attached hydrogen (secondary N) is 1. The number of carbonyl (C=O) groups excluding carboxylic acids is 2. The van der Waals surface area contributed by atoms with Gasteiger partial charge in [-0.05, 0) is 85.6 Å². The molecular formula is C28H30N2O6. The van der Waals surface area contributed by atoms with Gasteiger partial charge < -0.3 is 18.9 Å². The lowest BCUT2D eigenvalue weighted by Crippen LogP contribution is -2.17. The summed E-state index contributed by atoms with van der Waals surface area (Å²) in [5, 5.41) is 4.03. The van der Waals surface area contributed by atoms with Crippen molar-refractivity contribution in [1.29, 1.82) is 0 Å². The lowest BCUT2D eigenvalue weighted by atomic mass is 10.2. The molecule has 0 bridgehead atoms. The molecule has 1 amide bonds. The summed E-state index contributed by atoms with van der Waals surface area (Å²) in [5.41, 5.74) is 4.00. The molecule has 0 saturated carbocycles. The molecule has 36 heavy (non-hydrogen) atoms. The number of hydrazone groups is 1. The van der Waals surface area contributed by atoms with Gasteiger partial charge in [0.25, 0.3) is 5.91 Å². The Morgan fingerprint density at radius 3 is 2.22 bits per heavy atom. The normalized spacial score (nSPS) is 10.6. The fraction of sp³-hybridized carbons (Fsp3) is 0.250. The molecule has 0 atom stereocenters. The number of esters is 1. The van der Waals surface area contributed by atoms with Crippen molar-refractivity contribution < 1.29 is 28.5 Å². The molecule has 0 fully saturated rings. The van der Waals surface area contributed by atoms with Gasteiger partial charge in [-0.3, -0.25) is 4.79 Å². The van der Waals surface area contributed by atoms with Crippen LogP contribution in [-0.2, 0) is 0 Å². The molecule has 8 nitrogen and oxygen atoms in total. The maximum absolute atomic E-state index is 12.5. The fourth-order valence-electron chi connectivity index (χ4n) is 3.11. The minimum Gasteiger partial charge on any atom is -0.497 e. The van der Waals surface area contributed by atoms with Gasteiger partial charge in [-0.2, -0.15) is 5.10 Å². The Morgan fingerprint density at radius 1 is 0.861 bits per heavy atom. The molecule has 0 aromatic heterocycles. The SMILES string of the molecule is CCCCOc1ccc(C(=O)NN=Cc2ccc(OC(=O)c3ccc(OC)cc3)c(OCC)c2)cc1. The highest BCUT2D eigenvalue weighted by Crippen LogP contribution is 2.29. The largest absolute Gasteiger partial charge is 0.497 e. The molecule has 3 rings (SSSR count). The molecule has 0 heterocycles. The van der Waals surface area contributed by atoms with Crippen molar-refractivity contribution >= 4 is 18.1 Å². The first-order chi connectivity index (χ1) is 17.5. The molecule has 0 aliphatic carbocycles. The van der Waals surface area contributed by atoms with E-state index in [1.54, 1.807) is 73.8 Å². The summed E-state index contributed by atoms with van der Waals surface area (Å²) >= 11 is 0. The molecule has 0 aliphatic rings. The number of nitrogens with zero attached hydrogens (tertiary/aromatic N) is 1. The molecule has 0 unspecified atom stereocenters. The topological polar surface area (TPSA) is 95.5 Å². The van der Waals surface area contributed by atoms with Gasteiger partial charge >= 0.3 is 5.97 Å². The Balaban J connectivity index is 1.61. The van der Waals surface area contributed by atoms with Crippen LogP contribution in [0.5, 0.6) is 23.0 Å². The summed E-state index contributed by atoms with van der Waals surface area (Å²) in [4.78, 5) is 24.9. The molecule has 0 spiro atoms. The molecule has 8 heteroatoms. The number of ether oxygens (including phenoxy) is 4. The maximum Gasteiger partial charge on any atom is 0.343 e. The smallest absolute Gasteiger partial charge is 0.343 e. The highest BCUT2D eigenvalue weighted by molar-refractivity contribution is 5.95. The van der Waals surface area contributed by atoms with Crippen LogP contribution in [0.15, 0.2) is 71.8 Å². The third-order valence-electron chi connectivity index (χ3n) is 5.06. The van der Waals surface area contributed by atoms with Gasteiger partial charge in [0, 0.05) is 5.56 Å². The number of unbranched alkanes of at least 4 members (excludes halogenated alkanes) is 1. The second-order valence-electron chi connectivity index (χ2n) is 7.68. The maximum atomic E-state index is 12.5. The van der Waals surface area contributed by atoms with Crippen molar-refractivity contribution in [3.05, 3.63) is 83.4 Å². The first-order valence-corrected chi connectivity index (χ1v) is 11.7. The summed E-state index contributed by atoms with van der Waals surface area (Å²) in [6, 6.07) is 18.5. The number of amides is 1. The van der Waals surface area contributed by atoms with E-state index in [-0.39, 0.29) is 11.7 Å². The zero-order valence-corrected chi connectivity index (χ0v) is 20.7. The molecule has 0 radical (unpaired) electrons. The average Bonchev–Trinajstić information content (AvgIpc) is 2.90. The third-order valence-corrected chi connectivity index (χ3v) is 5.06. The molecule has 3 aromatic rings. The summed E-state index contributed by atoms with van der Waals surface area (Å²) in [5.74, 6) is 1.16. The van der Waals surface area contributed by atoms with E-state index in [2.05, 4.69) is 17.5 Å². The number of hydrogen-bond acceptors (Lipinski definition) is 7. The number of hydrogen-bond donors (Lipinski definition) is 1. The van der Waals surface area contributed by atoms with Gasteiger partial charge in [0.1, 0.15) is 11.5 Å². The van der Waals surface area contributed by atoms with Crippen LogP contribution in [0.1, 0.15) is 53.0 Å². The lowest BCUT2D eigenvalue weighted by Gasteiger charge is -2.11. The monoisotopic (exact) mass is 490 g/mol. The minimum atomic E-state index is -0.519. The Labute approximate surface area is 210 Å². The molecule has 0 saturated heterocycles. The van der Waals surface area contributed by atoms with Crippen LogP contribution in [0.3, 0.4) is 0 Å². The minimum absolute atomic E-state index is 0.278. The first kappa shape index (κ1) is 26.3. The van der Waals surface area contributed by atoms with Gasteiger partial charge in [-0.1, -0.05) is 13.3 Å². The molecular weight excluding hydrogens is 460 g/mol. The van der Waals surface area contributed by atoms with E-state index in [0.717, 1.165) is 18.6 Å². The number of benzene rings is 3. The van der Waals surface area contributed by atoms with Crippen molar-refractivity contribution in [2.24, 2.45) is 5.10 Å². The van der Waals surface area contributed by atoms with Crippen LogP contribution in [0.4, 0.5) is 0 Å². The highest BCUT2D eigenvalue weighted by atomic mass is 16.6. The standard InChI is InChI=1S/C28H30N2O6/c1-4-6-17-35-24-14-8-21(9-15-24)27(31)30-29-19-20-7-16-25(26(18-20)34-5-2)36-28(32)22-10-12-23(33-3)13-11-22/h7-16,18-19H,4-6,17H2,1-3H3,(H,30,31). The van der Waals surface area contributed by atoms with Crippen LogP contribution >= 0.6 is 0 Å². The van der Waals surface area contributed by atoms with Crippen molar-refractivity contribution in [2.45, 2.75) is 26.7 Å². The van der Waals surface area contributed by atoms with Crippen molar-refractivity contribution in [1.82, 2.24) is 5.43 Å². The van der Waals surface area contributed by atoms with E-state index < -0.39 is 5.97 Å². The predicted octanol–water partition coefficient (Wildman–Crippen LogP) is 5.26. The summed E-state index contributed by atoms with van der Waals surface area (Å²) in [6.45, 7) is 4.95. The Morgan fingerprint density at radius 2 is 1.56 bits per heavy atom. The highest BCUT2D eigenvalue weighted by Gasteiger charge is 2.13. The second kappa shape index (κ2) is 13.5. The second-order valence-corrected chi connectivity index (χ2v) is 7.68. The first-order valence-electron chi connectivity index (χ1n) is 11.7. The number of carbonyl (C=O) groups is 2. The van der Waals surface area contributed by atoms with Crippen LogP contribution < -0.4 is 24.4 Å². The van der Waals surface area contributed by atoms with Crippen molar-refractivity contribution in [2.75, 3.05) is 20.3 Å². The lowest BCUT2D eigenvalue weighted by molar-refractivity contribution is 0.0728. The van der Waals surface area contributed by atoms with E-state index in [0.29, 0.717) is 41.4 Å². The quantitative estimate of drug-likeness (QED) is 0.122. The van der Waals surface area contributed by atoms with E-state index >= 15 is 0 Å². The number of rotatable bonds is 12. The fourth-order valence-corrected chi connectivity index (χ4v) is 3.11. The van der Waals surface area contributed by atoms with Gasteiger partial charge in [0.15, 0.2) is 11.5 Å². The third kappa shape index (κ3) is 7.59. The molecule has 188 valence electrons. The predicted molar refractivity (Wildman–Crippen MR) is 137 cm³/mol. The van der Waals surface area contributed by atoms with Crippen LogP contribution in [-0.4, -0.2) is 38.4 Å². The van der Waals surface area contributed by atoms with Gasteiger partial charge in [-0.25, -0.2) is 10.2 Å². The van der Waals surface area contributed by atoms with Crippen LogP contribution in [0, 0.1) is 0 Å². The summed E-state index contributed by atoms with van der Waals surface area (Å²) in [6.07, 6.45) is 3.52. The Bertz CT molecular complexity index is 1170. The van der Waals surface area contributed by atoms with E-state index in [9.17, 15) is 9.59 Å². The number of methoxy groups -OCH3 is 1. The molecule has 0 aliphatic heterocycles. The van der Waals surface area contributed by atoms with Crippen molar-refractivity contribution in [3.8, 4) is 23.0 Å². The van der Waals surface area contributed by atoms with E-state index in [1.165, 1.54) is 6.21 Å². The zero-order chi connectivity index (χ0) is 25.8. The zero-order valence-electron chi connectivity index (χ0n) is 20.7. The van der Waals surface area contributed by atoms with Crippen LogP contribution in [0.25, 0.3) is 0 Å². The Kier molecular flexibility index (Phi) is 9.88. The van der Waals surface area contributed by atoms with Gasteiger partial charge in [-0.15, -0.1) is 0 Å². The van der Waals surface area contributed by atoms with Crippen molar-refractivity contribution in [3.63, 3.8) is 0 Å².